The standard InChI is InChI=1S/C24H30O3/c1-4-7-9-17-15-19(10-8-5-2)23-21(16-17)22(24(25)27-23)18-11-13-20(14-12-18)26-6-3/h11-16,22H,4-10H2,1-3H3. The van der Waals surface area contributed by atoms with Crippen molar-refractivity contribution >= 4 is 5.97 Å². The Morgan fingerprint density at radius 2 is 1.67 bits per heavy atom. The second-order valence-corrected chi connectivity index (χ2v) is 7.24. The van der Waals surface area contributed by atoms with E-state index in [2.05, 4.69) is 26.0 Å². The Hall–Kier alpha value is -2.29. The number of rotatable bonds is 9. The van der Waals surface area contributed by atoms with E-state index in [9.17, 15) is 4.79 Å². The van der Waals surface area contributed by atoms with Crippen molar-refractivity contribution in [3.05, 3.63) is 58.7 Å². The second-order valence-electron chi connectivity index (χ2n) is 7.24. The average molecular weight is 367 g/mol. The van der Waals surface area contributed by atoms with Gasteiger partial charge in [0.2, 0.25) is 0 Å². The van der Waals surface area contributed by atoms with Crippen molar-refractivity contribution in [2.75, 3.05) is 6.61 Å². The molecule has 144 valence electrons. The molecule has 1 unspecified atom stereocenters. The number of carbonyl (C=O) groups is 1. The monoisotopic (exact) mass is 366 g/mol. The lowest BCUT2D eigenvalue weighted by Crippen LogP contribution is -2.11. The molecule has 27 heavy (non-hydrogen) atoms. The Balaban J connectivity index is 1.98. The minimum absolute atomic E-state index is 0.167. The summed E-state index contributed by atoms with van der Waals surface area (Å²) >= 11 is 0. The lowest BCUT2D eigenvalue weighted by molar-refractivity contribution is -0.133. The van der Waals surface area contributed by atoms with Gasteiger partial charge in [-0.3, -0.25) is 4.79 Å². The first-order valence-corrected chi connectivity index (χ1v) is 10.3. The topological polar surface area (TPSA) is 35.5 Å². The molecule has 0 bridgehead atoms. The summed E-state index contributed by atoms with van der Waals surface area (Å²) < 4.78 is 11.3. The molecule has 2 aromatic rings. The molecule has 3 nitrogen and oxygen atoms in total. The first-order valence-electron chi connectivity index (χ1n) is 10.3. The number of hydrogen-bond acceptors (Lipinski definition) is 3. The van der Waals surface area contributed by atoms with Crippen LogP contribution in [-0.4, -0.2) is 12.6 Å². The van der Waals surface area contributed by atoms with Gasteiger partial charge in [0, 0.05) is 5.56 Å². The van der Waals surface area contributed by atoms with Crippen LogP contribution in [0.15, 0.2) is 36.4 Å². The van der Waals surface area contributed by atoms with Gasteiger partial charge in [-0.15, -0.1) is 0 Å². The van der Waals surface area contributed by atoms with Crippen molar-refractivity contribution in [3.63, 3.8) is 0 Å². The van der Waals surface area contributed by atoms with E-state index in [-0.39, 0.29) is 11.9 Å². The van der Waals surface area contributed by atoms with Gasteiger partial charge in [0.1, 0.15) is 17.4 Å². The highest BCUT2D eigenvalue weighted by atomic mass is 16.5. The predicted molar refractivity (Wildman–Crippen MR) is 109 cm³/mol. The zero-order chi connectivity index (χ0) is 19.2. The van der Waals surface area contributed by atoms with E-state index in [0.29, 0.717) is 6.61 Å². The largest absolute Gasteiger partial charge is 0.494 e. The molecule has 1 aliphatic heterocycles. The maximum atomic E-state index is 12.7. The first kappa shape index (κ1) is 19.5. The number of ether oxygens (including phenoxy) is 2. The summed E-state index contributed by atoms with van der Waals surface area (Å²) in [6, 6.07) is 12.3. The number of esters is 1. The van der Waals surface area contributed by atoms with Crippen LogP contribution in [0.4, 0.5) is 0 Å². The predicted octanol–water partition coefficient (Wildman–Crippen LogP) is 5.82. The normalized spacial score (nSPS) is 15.5. The Bertz CT molecular complexity index is 777. The highest BCUT2D eigenvalue weighted by molar-refractivity contribution is 5.90. The van der Waals surface area contributed by atoms with Crippen LogP contribution in [0.5, 0.6) is 11.5 Å². The minimum atomic E-state index is -0.336. The lowest BCUT2D eigenvalue weighted by Gasteiger charge is -2.13. The molecule has 0 saturated heterocycles. The molecule has 2 aromatic carbocycles. The number of carbonyl (C=O) groups excluding carboxylic acids is 1. The van der Waals surface area contributed by atoms with Crippen molar-refractivity contribution < 1.29 is 14.3 Å². The van der Waals surface area contributed by atoms with Crippen molar-refractivity contribution in [1.29, 1.82) is 0 Å². The van der Waals surface area contributed by atoms with Crippen molar-refractivity contribution in [2.24, 2.45) is 0 Å². The van der Waals surface area contributed by atoms with E-state index in [1.165, 1.54) is 17.5 Å². The maximum absolute atomic E-state index is 12.7. The summed E-state index contributed by atoms with van der Waals surface area (Å²) in [6.45, 7) is 7.00. The van der Waals surface area contributed by atoms with E-state index in [1.54, 1.807) is 0 Å². The smallest absolute Gasteiger partial charge is 0.323 e. The van der Waals surface area contributed by atoms with Gasteiger partial charge in [-0.05, 0) is 61.4 Å². The minimum Gasteiger partial charge on any atom is -0.494 e. The Morgan fingerprint density at radius 3 is 2.33 bits per heavy atom. The third kappa shape index (κ3) is 4.35. The molecule has 3 rings (SSSR count). The van der Waals surface area contributed by atoms with Gasteiger partial charge in [-0.25, -0.2) is 0 Å². The molecule has 0 aromatic heterocycles. The Kier molecular flexibility index (Phi) is 6.54. The molecule has 3 heteroatoms. The van der Waals surface area contributed by atoms with E-state index < -0.39 is 0 Å². The van der Waals surface area contributed by atoms with E-state index >= 15 is 0 Å². The molecule has 0 radical (unpaired) electrons. The van der Waals surface area contributed by atoms with Gasteiger partial charge >= 0.3 is 5.97 Å². The van der Waals surface area contributed by atoms with Crippen LogP contribution in [0.25, 0.3) is 0 Å². The Labute approximate surface area is 162 Å². The van der Waals surface area contributed by atoms with Crippen LogP contribution < -0.4 is 9.47 Å². The fourth-order valence-electron chi connectivity index (χ4n) is 3.72. The molecule has 0 amide bonds. The first-order chi connectivity index (χ1) is 13.2. The average Bonchev–Trinajstić information content (AvgIpc) is 3.01. The lowest BCUT2D eigenvalue weighted by atomic mass is 9.88. The number of aryl methyl sites for hydroxylation is 2. The summed E-state index contributed by atoms with van der Waals surface area (Å²) in [5.74, 6) is 1.12. The SMILES string of the molecule is CCCCc1cc(CCCC)c2c(c1)C(c1ccc(OCC)cc1)C(=O)O2. The summed E-state index contributed by atoms with van der Waals surface area (Å²) in [6.07, 6.45) is 6.57. The van der Waals surface area contributed by atoms with Crippen LogP contribution >= 0.6 is 0 Å². The summed E-state index contributed by atoms with van der Waals surface area (Å²) in [5, 5.41) is 0. The summed E-state index contributed by atoms with van der Waals surface area (Å²) in [5.41, 5.74) is 4.50. The second kappa shape index (κ2) is 9.07. The quantitative estimate of drug-likeness (QED) is 0.414. The molecule has 0 saturated carbocycles. The fourth-order valence-corrected chi connectivity index (χ4v) is 3.72. The highest BCUT2D eigenvalue weighted by Crippen LogP contribution is 2.43. The van der Waals surface area contributed by atoms with Crippen LogP contribution in [0.2, 0.25) is 0 Å². The van der Waals surface area contributed by atoms with Gasteiger partial charge < -0.3 is 9.47 Å². The molecule has 1 heterocycles. The third-order valence-electron chi connectivity index (χ3n) is 5.15. The van der Waals surface area contributed by atoms with Gasteiger partial charge in [0.15, 0.2) is 0 Å². The van der Waals surface area contributed by atoms with E-state index in [4.69, 9.17) is 9.47 Å². The number of benzene rings is 2. The third-order valence-corrected chi connectivity index (χ3v) is 5.15. The number of hydrogen-bond donors (Lipinski definition) is 0. The summed E-state index contributed by atoms with van der Waals surface area (Å²) in [7, 11) is 0. The van der Waals surface area contributed by atoms with Gasteiger partial charge in [0.25, 0.3) is 0 Å². The van der Waals surface area contributed by atoms with E-state index in [1.807, 2.05) is 31.2 Å². The van der Waals surface area contributed by atoms with Gasteiger partial charge in [-0.1, -0.05) is 51.0 Å². The molecule has 1 atom stereocenters. The molecule has 0 fully saturated rings. The molecular weight excluding hydrogens is 336 g/mol. The number of fused-ring (bicyclic) bond motifs is 1. The van der Waals surface area contributed by atoms with Crippen LogP contribution in [0, 0.1) is 0 Å². The van der Waals surface area contributed by atoms with Crippen molar-refractivity contribution in [2.45, 2.75) is 65.2 Å². The van der Waals surface area contributed by atoms with Crippen LogP contribution in [-0.2, 0) is 17.6 Å². The zero-order valence-corrected chi connectivity index (χ0v) is 16.7. The molecule has 0 N–H and O–H groups in total. The van der Waals surface area contributed by atoms with Crippen molar-refractivity contribution in [1.82, 2.24) is 0 Å². The van der Waals surface area contributed by atoms with Gasteiger partial charge in [0.05, 0.1) is 6.61 Å². The molecule has 0 spiro atoms. The van der Waals surface area contributed by atoms with Crippen molar-refractivity contribution in [3.8, 4) is 11.5 Å². The summed E-state index contributed by atoms with van der Waals surface area (Å²) in [4.78, 5) is 12.7. The van der Waals surface area contributed by atoms with E-state index in [0.717, 1.165) is 54.7 Å². The van der Waals surface area contributed by atoms with Crippen LogP contribution in [0.1, 0.15) is 74.6 Å². The number of unbranched alkanes of at least 4 members (excludes halogenated alkanes) is 2. The molecule has 0 aliphatic carbocycles. The Morgan fingerprint density at radius 1 is 0.963 bits per heavy atom. The molecular formula is C24H30O3. The molecule has 1 aliphatic rings. The highest BCUT2D eigenvalue weighted by Gasteiger charge is 2.36. The maximum Gasteiger partial charge on any atom is 0.323 e. The van der Waals surface area contributed by atoms with Gasteiger partial charge in [-0.2, -0.15) is 0 Å². The van der Waals surface area contributed by atoms with Crippen LogP contribution in [0.3, 0.4) is 0 Å². The fraction of sp³-hybridized carbons (Fsp3) is 0.458. The zero-order valence-electron chi connectivity index (χ0n) is 16.7.